The highest BCUT2D eigenvalue weighted by Crippen LogP contribution is 2.28. The summed E-state index contributed by atoms with van der Waals surface area (Å²) in [5.74, 6) is 2.59. The van der Waals surface area contributed by atoms with E-state index in [1.165, 1.54) is 12.8 Å². The van der Waals surface area contributed by atoms with Crippen LogP contribution in [0.15, 0.2) is 6.07 Å². The molecule has 1 aromatic rings. The number of aryl methyl sites for hydroxylation is 1. The number of anilines is 1. The molecule has 1 fully saturated rings. The number of rotatable bonds is 7. The van der Waals surface area contributed by atoms with Crippen molar-refractivity contribution in [1.29, 1.82) is 0 Å². The molecule has 0 aliphatic heterocycles. The Hall–Kier alpha value is -1.16. The van der Waals surface area contributed by atoms with Gasteiger partial charge in [0.25, 0.3) is 0 Å². The quantitative estimate of drug-likeness (QED) is 0.820. The van der Waals surface area contributed by atoms with E-state index in [0.29, 0.717) is 5.92 Å². The molecule has 4 nitrogen and oxygen atoms in total. The fourth-order valence-electron chi connectivity index (χ4n) is 2.41. The molecule has 0 bridgehead atoms. The molecule has 1 aliphatic carbocycles. The van der Waals surface area contributed by atoms with Crippen molar-refractivity contribution in [2.75, 3.05) is 18.4 Å². The van der Waals surface area contributed by atoms with Crippen LogP contribution in [-0.2, 0) is 6.54 Å². The fourth-order valence-corrected chi connectivity index (χ4v) is 2.41. The molecule has 0 amide bonds. The lowest BCUT2D eigenvalue weighted by Gasteiger charge is -2.23. The minimum Gasteiger partial charge on any atom is -0.370 e. The van der Waals surface area contributed by atoms with Crippen LogP contribution in [0.1, 0.15) is 45.1 Å². The van der Waals surface area contributed by atoms with Crippen molar-refractivity contribution in [3.63, 3.8) is 0 Å². The van der Waals surface area contributed by atoms with Gasteiger partial charge < -0.3 is 5.32 Å². The number of hydrogen-bond acceptors (Lipinski definition) is 4. The van der Waals surface area contributed by atoms with Crippen LogP contribution in [0.25, 0.3) is 0 Å². The first-order chi connectivity index (χ1) is 9.08. The van der Waals surface area contributed by atoms with Crippen LogP contribution < -0.4 is 5.32 Å². The zero-order valence-electron chi connectivity index (χ0n) is 12.6. The third kappa shape index (κ3) is 4.46. The fraction of sp³-hybridized carbons (Fsp3) is 0.733. The molecular weight excluding hydrogens is 236 g/mol. The number of nitrogens with one attached hydrogen (secondary N) is 1. The first kappa shape index (κ1) is 14.3. The molecular formula is C15H26N4. The topological polar surface area (TPSA) is 41.1 Å². The van der Waals surface area contributed by atoms with E-state index in [4.69, 9.17) is 0 Å². The van der Waals surface area contributed by atoms with Gasteiger partial charge in [0, 0.05) is 30.9 Å². The van der Waals surface area contributed by atoms with E-state index >= 15 is 0 Å². The van der Waals surface area contributed by atoms with Gasteiger partial charge >= 0.3 is 0 Å². The third-order valence-corrected chi connectivity index (χ3v) is 3.27. The minimum absolute atomic E-state index is 0.693. The van der Waals surface area contributed by atoms with E-state index in [2.05, 4.69) is 41.0 Å². The summed E-state index contributed by atoms with van der Waals surface area (Å²) in [5, 5.41) is 3.28. The molecule has 0 radical (unpaired) electrons. The van der Waals surface area contributed by atoms with E-state index in [1.807, 2.05) is 13.0 Å². The van der Waals surface area contributed by atoms with Crippen molar-refractivity contribution >= 4 is 5.82 Å². The Bertz CT molecular complexity index is 413. The van der Waals surface area contributed by atoms with Gasteiger partial charge in [-0.25, -0.2) is 9.97 Å². The lowest BCUT2D eigenvalue weighted by Crippen LogP contribution is -2.30. The van der Waals surface area contributed by atoms with Gasteiger partial charge in [-0.15, -0.1) is 0 Å². The Morgan fingerprint density at radius 2 is 2.11 bits per heavy atom. The highest BCUT2D eigenvalue weighted by atomic mass is 15.2. The van der Waals surface area contributed by atoms with E-state index in [-0.39, 0.29) is 0 Å². The molecule has 0 atom stereocenters. The van der Waals surface area contributed by atoms with Crippen LogP contribution in [0.5, 0.6) is 0 Å². The molecule has 1 aromatic heterocycles. The van der Waals surface area contributed by atoms with Crippen LogP contribution in [0.4, 0.5) is 5.82 Å². The first-order valence-electron chi connectivity index (χ1n) is 7.41. The van der Waals surface area contributed by atoms with Gasteiger partial charge in [0.05, 0.1) is 6.54 Å². The van der Waals surface area contributed by atoms with E-state index in [0.717, 1.165) is 43.0 Å². The minimum atomic E-state index is 0.693. The maximum Gasteiger partial charge on any atom is 0.144 e. The molecule has 0 unspecified atom stereocenters. The highest BCUT2D eigenvalue weighted by Gasteiger charge is 2.29. The standard InChI is InChI=1S/C15H26N4/c1-5-16-14-8-12(4)17-15(18-14)10-19(9-11(2)3)13-6-7-13/h8,11,13H,5-7,9-10H2,1-4H3,(H,16,17,18). The molecule has 0 spiro atoms. The summed E-state index contributed by atoms with van der Waals surface area (Å²) in [4.78, 5) is 11.7. The van der Waals surface area contributed by atoms with Crippen LogP contribution in [-0.4, -0.2) is 34.0 Å². The number of hydrogen-bond donors (Lipinski definition) is 1. The van der Waals surface area contributed by atoms with Crippen molar-refractivity contribution in [2.24, 2.45) is 5.92 Å². The second kappa shape index (κ2) is 6.33. The summed E-state index contributed by atoms with van der Waals surface area (Å²) in [6.07, 6.45) is 2.66. The van der Waals surface area contributed by atoms with E-state index in [1.54, 1.807) is 0 Å². The van der Waals surface area contributed by atoms with Crippen LogP contribution in [0, 0.1) is 12.8 Å². The summed E-state index contributed by atoms with van der Waals surface area (Å²) >= 11 is 0. The Labute approximate surface area is 116 Å². The second-order valence-corrected chi connectivity index (χ2v) is 5.90. The molecule has 19 heavy (non-hydrogen) atoms. The maximum atomic E-state index is 4.62. The predicted molar refractivity (Wildman–Crippen MR) is 79.2 cm³/mol. The SMILES string of the molecule is CCNc1cc(C)nc(CN(CC(C)C)C2CC2)n1. The Morgan fingerprint density at radius 1 is 1.37 bits per heavy atom. The van der Waals surface area contributed by atoms with Crippen LogP contribution in [0.3, 0.4) is 0 Å². The average molecular weight is 262 g/mol. The smallest absolute Gasteiger partial charge is 0.144 e. The lowest BCUT2D eigenvalue weighted by molar-refractivity contribution is 0.220. The molecule has 1 heterocycles. The molecule has 1 aliphatic rings. The predicted octanol–water partition coefficient (Wildman–Crippen LogP) is 2.84. The molecule has 2 rings (SSSR count). The van der Waals surface area contributed by atoms with Gasteiger partial charge in [-0.2, -0.15) is 0 Å². The summed E-state index contributed by atoms with van der Waals surface area (Å²) in [5.41, 5.74) is 1.04. The largest absolute Gasteiger partial charge is 0.370 e. The normalized spacial score (nSPS) is 15.3. The molecule has 1 saturated carbocycles. The summed E-state index contributed by atoms with van der Waals surface area (Å²) in [7, 11) is 0. The van der Waals surface area contributed by atoms with Crippen molar-refractivity contribution in [2.45, 2.75) is 53.1 Å². The van der Waals surface area contributed by atoms with Gasteiger partial charge in [0.1, 0.15) is 11.6 Å². The lowest BCUT2D eigenvalue weighted by atomic mass is 10.2. The Kier molecular flexibility index (Phi) is 4.75. The molecule has 1 N–H and O–H groups in total. The van der Waals surface area contributed by atoms with Crippen molar-refractivity contribution in [3.05, 3.63) is 17.6 Å². The van der Waals surface area contributed by atoms with E-state index < -0.39 is 0 Å². The third-order valence-electron chi connectivity index (χ3n) is 3.27. The van der Waals surface area contributed by atoms with Crippen LogP contribution in [0.2, 0.25) is 0 Å². The Balaban J connectivity index is 2.07. The van der Waals surface area contributed by atoms with Gasteiger partial charge in [0.2, 0.25) is 0 Å². The number of aromatic nitrogens is 2. The monoisotopic (exact) mass is 262 g/mol. The first-order valence-corrected chi connectivity index (χ1v) is 7.41. The summed E-state index contributed by atoms with van der Waals surface area (Å²) in [6.45, 7) is 11.6. The maximum absolute atomic E-state index is 4.62. The summed E-state index contributed by atoms with van der Waals surface area (Å²) < 4.78 is 0. The van der Waals surface area contributed by atoms with Gasteiger partial charge in [-0.1, -0.05) is 13.8 Å². The zero-order valence-corrected chi connectivity index (χ0v) is 12.6. The van der Waals surface area contributed by atoms with Crippen LogP contribution >= 0.6 is 0 Å². The zero-order chi connectivity index (χ0) is 13.8. The highest BCUT2D eigenvalue weighted by molar-refractivity contribution is 5.35. The molecule has 0 saturated heterocycles. The molecule has 4 heteroatoms. The van der Waals surface area contributed by atoms with Gasteiger partial charge in [-0.05, 0) is 32.6 Å². The van der Waals surface area contributed by atoms with Gasteiger partial charge in [0.15, 0.2) is 0 Å². The average Bonchev–Trinajstić information content (AvgIpc) is 3.10. The van der Waals surface area contributed by atoms with Crippen molar-refractivity contribution < 1.29 is 0 Å². The second-order valence-electron chi connectivity index (χ2n) is 5.90. The summed E-state index contributed by atoms with van der Waals surface area (Å²) in [6, 6.07) is 2.77. The van der Waals surface area contributed by atoms with E-state index in [9.17, 15) is 0 Å². The molecule has 0 aromatic carbocycles. The van der Waals surface area contributed by atoms with Crippen molar-refractivity contribution in [1.82, 2.24) is 14.9 Å². The number of nitrogens with zero attached hydrogens (tertiary/aromatic N) is 3. The van der Waals surface area contributed by atoms with Crippen molar-refractivity contribution in [3.8, 4) is 0 Å². The molecule has 106 valence electrons. The Morgan fingerprint density at radius 3 is 2.68 bits per heavy atom. The van der Waals surface area contributed by atoms with Gasteiger partial charge in [-0.3, -0.25) is 4.90 Å².